The second-order valence-corrected chi connectivity index (χ2v) is 4.85. The maximum Gasteiger partial charge on any atom is 0.146 e. The molecule has 0 saturated heterocycles. The van der Waals surface area contributed by atoms with Gasteiger partial charge in [0.05, 0.1) is 6.54 Å². The quantitative estimate of drug-likeness (QED) is 0.828. The van der Waals surface area contributed by atoms with E-state index in [9.17, 15) is 5.11 Å². The minimum Gasteiger partial charge on any atom is -0.508 e. The minimum absolute atomic E-state index is 0.317. The van der Waals surface area contributed by atoms with E-state index in [2.05, 4.69) is 22.4 Å². The van der Waals surface area contributed by atoms with Crippen LogP contribution in [0, 0.1) is 0 Å². The minimum atomic E-state index is 0.317. The van der Waals surface area contributed by atoms with Crippen molar-refractivity contribution in [2.24, 2.45) is 7.05 Å². The molecule has 0 radical (unpaired) electrons. The predicted octanol–water partition coefficient (Wildman–Crippen LogP) is 1.63. The van der Waals surface area contributed by atoms with E-state index in [1.54, 1.807) is 18.5 Å². The van der Waals surface area contributed by atoms with Crippen molar-refractivity contribution < 1.29 is 5.11 Å². The summed E-state index contributed by atoms with van der Waals surface area (Å²) in [4.78, 5) is 0. The second kappa shape index (κ2) is 6.33. The third-order valence-electron chi connectivity index (χ3n) is 3.22. The predicted molar refractivity (Wildman–Crippen MR) is 73.7 cm³/mol. The highest BCUT2D eigenvalue weighted by molar-refractivity contribution is 5.25. The molecule has 1 aromatic heterocycles. The summed E-state index contributed by atoms with van der Waals surface area (Å²) in [6, 6.07) is 7.79. The summed E-state index contributed by atoms with van der Waals surface area (Å²) in [6.07, 6.45) is 3.74. The van der Waals surface area contributed by atoms with E-state index in [-0.39, 0.29) is 0 Å². The molecule has 1 aromatic carbocycles. The van der Waals surface area contributed by atoms with Gasteiger partial charge in [0, 0.05) is 13.1 Å². The van der Waals surface area contributed by atoms with Crippen LogP contribution in [0.25, 0.3) is 0 Å². The Labute approximate surface area is 113 Å². The fourth-order valence-electron chi connectivity index (χ4n) is 1.88. The number of phenolic OH excluding ortho intramolecular Hbond substituents is 1. The second-order valence-electron chi connectivity index (χ2n) is 4.85. The molecule has 1 atom stereocenters. The fourth-order valence-corrected chi connectivity index (χ4v) is 1.88. The van der Waals surface area contributed by atoms with Crippen molar-refractivity contribution in [2.45, 2.75) is 32.4 Å². The van der Waals surface area contributed by atoms with Gasteiger partial charge in [-0.1, -0.05) is 12.1 Å². The smallest absolute Gasteiger partial charge is 0.146 e. The number of nitrogens with one attached hydrogen (secondary N) is 1. The third-order valence-corrected chi connectivity index (χ3v) is 3.22. The van der Waals surface area contributed by atoms with Crippen LogP contribution in [-0.2, 0) is 20.0 Å². The largest absolute Gasteiger partial charge is 0.508 e. The molecule has 102 valence electrons. The lowest BCUT2D eigenvalue weighted by molar-refractivity contribution is 0.474. The Balaban J connectivity index is 1.74. The Morgan fingerprint density at radius 1 is 1.32 bits per heavy atom. The van der Waals surface area contributed by atoms with Gasteiger partial charge < -0.3 is 15.0 Å². The van der Waals surface area contributed by atoms with Gasteiger partial charge in [-0.3, -0.25) is 0 Å². The first-order valence-electron chi connectivity index (χ1n) is 6.49. The van der Waals surface area contributed by atoms with Crippen molar-refractivity contribution in [1.82, 2.24) is 20.1 Å². The molecule has 0 saturated carbocycles. The summed E-state index contributed by atoms with van der Waals surface area (Å²) < 4.78 is 1.92. The molecular weight excluding hydrogens is 240 g/mol. The number of hydrogen-bond donors (Lipinski definition) is 2. The normalized spacial score (nSPS) is 12.5. The van der Waals surface area contributed by atoms with Gasteiger partial charge in [-0.2, -0.15) is 0 Å². The van der Waals surface area contributed by atoms with Crippen LogP contribution in [0.1, 0.15) is 24.7 Å². The van der Waals surface area contributed by atoms with Gasteiger partial charge in [0.25, 0.3) is 0 Å². The Kier molecular flexibility index (Phi) is 4.52. The fraction of sp³-hybridized carbons (Fsp3) is 0.429. The van der Waals surface area contributed by atoms with Crippen molar-refractivity contribution in [3.63, 3.8) is 0 Å². The zero-order valence-corrected chi connectivity index (χ0v) is 11.4. The van der Waals surface area contributed by atoms with Crippen LogP contribution in [0.2, 0.25) is 0 Å². The summed E-state index contributed by atoms with van der Waals surface area (Å²) >= 11 is 0. The van der Waals surface area contributed by atoms with Gasteiger partial charge >= 0.3 is 0 Å². The Morgan fingerprint density at radius 3 is 2.68 bits per heavy atom. The van der Waals surface area contributed by atoms with Gasteiger partial charge in [-0.15, -0.1) is 10.2 Å². The van der Waals surface area contributed by atoms with Gasteiger partial charge in [-0.05, 0) is 37.5 Å². The molecule has 1 unspecified atom stereocenters. The lowest BCUT2D eigenvalue weighted by Crippen LogP contribution is -2.27. The topological polar surface area (TPSA) is 63.0 Å². The van der Waals surface area contributed by atoms with Crippen LogP contribution in [0.15, 0.2) is 30.6 Å². The Bertz CT molecular complexity index is 506. The standard InChI is InChI=1S/C14H20N4O/c1-11(15-9-14-17-16-10-18(14)2)3-4-12-5-7-13(19)8-6-12/h5-8,10-11,15,19H,3-4,9H2,1-2H3. The number of aromatic hydroxyl groups is 1. The molecule has 2 rings (SSSR count). The maximum atomic E-state index is 9.22. The van der Waals surface area contributed by atoms with Crippen molar-refractivity contribution in [3.8, 4) is 5.75 Å². The SMILES string of the molecule is CC(CCc1ccc(O)cc1)NCc1nncn1C. The van der Waals surface area contributed by atoms with E-state index >= 15 is 0 Å². The molecule has 19 heavy (non-hydrogen) atoms. The summed E-state index contributed by atoms with van der Waals surface area (Å²) in [5.74, 6) is 1.26. The van der Waals surface area contributed by atoms with E-state index < -0.39 is 0 Å². The van der Waals surface area contributed by atoms with Crippen LogP contribution in [0.5, 0.6) is 5.75 Å². The number of aromatic nitrogens is 3. The van der Waals surface area contributed by atoms with Gasteiger partial charge in [0.1, 0.15) is 17.9 Å². The first kappa shape index (κ1) is 13.5. The zero-order chi connectivity index (χ0) is 13.7. The summed E-state index contributed by atoms with van der Waals surface area (Å²) in [5.41, 5.74) is 1.24. The average molecular weight is 260 g/mol. The van der Waals surface area contributed by atoms with Crippen LogP contribution >= 0.6 is 0 Å². The molecular formula is C14H20N4O. The number of hydrogen-bond acceptors (Lipinski definition) is 4. The number of benzene rings is 1. The van der Waals surface area contributed by atoms with Gasteiger partial charge in [0.2, 0.25) is 0 Å². The lowest BCUT2D eigenvalue weighted by atomic mass is 10.1. The molecule has 1 heterocycles. The van der Waals surface area contributed by atoms with Gasteiger partial charge in [-0.25, -0.2) is 0 Å². The summed E-state index contributed by atoms with van der Waals surface area (Å²) in [5, 5.41) is 20.5. The van der Waals surface area contributed by atoms with Crippen molar-refractivity contribution in [2.75, 3.05) is 0 Å². The summed E-state index contributed by atoms with van der Waals surface area (Å²) in [6.45, 7) is 2.89. The van der Waals surface area contributed by atoms with Crippen LogP contribution in [0.3, 0.4) is 0 Å². The maximum absolute atomic E-state index is 9.22. The molecule has 0 bridgehead atoms. The number of phenols is 1. The molecule has 0 fully saturated rings. The Hall–Kier alpha value is -1.88. The number of rotatable bonds is 6. The molecule has 0 aliphatic heterocycles. The van der Waals surface area contributed by atoms with Crippen LogP contribution in [-0.4, -0.2) is 25.9 Å². The molecule has 2 N–H and O–H groups in total. The van der Waals surface area contributed by atoms with Crippen molar-refractivity contribution in [3.05, 3.63) is 42.0 Å². The van der Waals surface area contributed by atoms with E-state index in [0.29, 0.717) is 11.8 Å². The highest BCUT2D eigenvalue weighted by Gasteiger charge is 2.05. The van der Waals surface area contributed by atoms with E-state index in [4.69, 9.17) is 0 Å². The molecule has 0 amide bonds. The number of aryl methyl sites for hydroxylation is 2. The highest BCUT2D eigenvalue weighted by atomic mass is 16.3. The molecule has 0 aliphatic carbocycles. The van der Waals surface area contributed by atoms with E-state index in [0.717, 1.165) is 25.2 Å². The van der Waals surface area contributed by atoms with E-state index in [1.165, 1.54) is 5.56 Å². The number of nitrogens with zero attached hydrogens (tertiary/aromatic N) is 3. The summed E-state index contributed by atoms with van der Waals surface area (Å²) in [7, 11) is 1.94. The van der Waals surface area contributed by atoms with Crippen molar-refractivity contribution in [1.29, 1.82) is 0 Å². The molecule has 5 nitrogen and oxygen atoms in total. The third kappa shape index (κ3) is 4.06. The molecule has 5 heteroatoms. The first-order chi connectivity index (χ1) is 9.15. The first-order valence-corrected chi connectivity index (χ1v) is 6.49. The lowest BCUT2D eigenvalue weighted by Gasteiger charge is -2.13. The zero-order valence-electron chi connectivity index (χ0n) is 11.4. The molecule has 0 aliphatic rings. The Morgan fingerprint density at radius 2 is 2.05 bits per heavy atom. The molecule has 2 aromatic rings. The average Bonchev–Trinajstić information content (AvgIpc) is 2.81. The van der Waals surface area contributed by atoms with Gasteiger partial charge in [0.15, 0.2) is 0 Å². The monoisotopic (exact) mass is 260 g/mol. The van der Waals surface area contributed by atoms with E-state index in [1.807, 2.05) is 23.7 Å². The van der Waals surface area contributed by atoms with Crippen LogP contribution < -0.4 is 5.32 Å². The van der Waals surface area contributed by atoms with Crippen molar-refractivity contribution >= 4 is 0 Å². The molecule has 0 spiro atoms. The van der Waals surface area contributed by atoms with Crippen LogP contribution in [0.4, 0.5) is 0 Å². The highest BCUT2D eigenvalue weighted by Crippen LogP contribution is 2.12.